The van der Waals surface area contributed by atoms with Gasteiger partial charge < -0.3 is 0 Å². The lowest BCUT2D eigenvalue weighted by Gasteiger charge is -2.25. The average Bonchev–Trinajstić information content (AvgIpc) is 2.85. The van der Waals surface area contributed by atoms with Gasteiger partial charge in [-0.05, 0) is 52.5 Å². The molecule has 0 saturated carbocycles. The van der Waals surface area contributed by atoms with E-state index >= 15 is 0 Å². The molecule has 0 aromatic heterocycles. The van der Waals surface area contributed by atoms with Gasteiger partial charge in [-0.3, -0.25) is 4.79 Å². The third-order valence-electron chi connectivity index (χ3n) is 5.19. The summed E-state index contributed by atoms with van der Waals surface area (Å²) in [5.74, 6) is 1.27. The van der Waals surface area contributed by atoms with Gasteiger partial charge in [-0.2, -0.15) is 0 Å². The maximum absolute atomic E-state index is 12.3. The second kappa shape index (κ2) is 4.56. The number of hydrogen-bond acceptors (Lipinski definition) is 1. The van der Waals surface area contributed by atoms with E-state index in [1.54, 1.807) is 0 Å². The number of rotatable bonds is 1. The van der Waals surface area contributed by atoms with Crippen molar-refractivity contribution in [1.82, 2.24) is 0 Å². The second-order valence-electron chi connectivity index (χ2n) is 6.69. The molecule has 0 bridgehead atoms. The smallest absolute Gasteiger partial charge is 0.163 e. The van der Waals surface area contributed by atoms with Crippen LogP contribution in [0.3, 0.4) is 0 Å². The van der Waals surface area contributed by atoms with Gasteiger partial charge in [0.2, 0.25) is 0 Å². The molecule has 4 rings (SSSR count). The van der Waals surface area contributed by atoms with Gasteiger partial charge in [0.1, 0.15) is 0 Å². The highest BCUT2D eigenvalue weighted by atomic mass is 16.1. The lowest BCUT2D eigenvalue weighted by Crippen LogP contribution is -2.11. The van der Waals surface area contributed by atoms with Crippen molar-refractivity contribution in [2.75, 3.05) is 0 Å². The molecule has 1 heteroatoms. The quantitative estimate of drug-likeness (QED) is 0.732. The van der Waals surface area contributed by atoms with E-state index in [1.807, 2.05) is 0 Å². The maximum Gasteiger partial charge on any atom is 0.163 e. The topological polar surface area (TPSA) is 17.1 Å². The van der Waals surface area contributed by atoms with Crippen molar-refractivity contribution in [2.24, 2.45) is 5.92 Å². The molecule has 0 radical (unpaired) electrons. The number of hydrogen-bond donors (Lipinski definition) is 0. The van der Waals surface area contributed by atoms with Crippen molar-refractivity contribution in [3.63, 3.8) is 0 Å². The molecule has 0 aliphatic heterocycles. The summed E-state index contributed by atoms with van der Waals surface area (Å²) >= 11 is 0. The summed E-state index contributed by atoms with van der Waals surface area (Å²) in [7, 11) is 0. The fraction of sp³-hybridized carbons (Fsp3) is 0.350. The first kappa shape index (κ1) is 12.8. The molecule has 0 heterocycles. The van der Waals surface area contributed by atoms with Crippen LogP contribution in [0, 0.1) is 5.92 Å². The molecular weight excluding hydrogens is 256 g/mol. The highest BCUT2D eigenvalue weighted by molar-refractivity contribution is 6.02. The number of benzene rings is 2. The molecule has 0 amide bonds. The van der Waals surface area contributed by atoms with Crippen LogP contribution in [-0.4, -0.2) is 5.78 Å². The van der Waals surface area contributed by atoms with E-state index < -0.39 is 0 Å². The van der Waals surface area contributed by atoms with Crippen LogP contribution in [0.1, 0.15) is 53.2 Å². The van der Waals surface area contributed by atoms with Crippen LogP contribution in [0.2, 0.25) is 0 Å². The summed E-state index contributed by atoms with van der Waals surface area (Å²) in [6, 6.07) is 12.9. The highest BCUT2D eigenvalue weighted by Crippen LogP contribution is 2.45. The standard InChI is InChI=1S/C20H20O/c1-12(2)18-11-19(21)17-10-9-15-14-6-4-3-5-13(14)7-8-16(15)20(17)18/h3-6,9-10,12,18H,7-8,11H2,1-2H3. The highest BCUT2D eigenvalue weighted by Gasteiger charge is 2.35. The van der Waals surface area contributed by atoms with Crippen molar-refractivity contribution >= 4 is 5.78 Å². The minimum Gasteiger partial charge on any atom is -0.294 e. The van der Waals surface area contributed by atoms with Gasteiger partial charge in [-0.15, -0.1) is 0 Å². The fourth-order valence-electron chi connectivity index (χ4n) is 4.09. The predicted octanol–water partition coefficient (Wildman–Crippen LogP) is 4.78. The molecule has 2 aliphatic carbocycles. The van der Waals surface area contributed by atoms with Crippen LogP contribution in [0.25, 0.3) is 11.1 Å². The van der Waals surface area contributed by atoms with Crippen LogP contribution in [0.15, 0.2) is 36.4 Å². The summed E-state index contributed by atoms with van der Waals surface area (Å²) < 4.78 is 0. The van der Waals surface area contributed by atoms with Crippen molar-refractivity contribution in [1.29, 1.82) is 0 Å². The lowest BCUT2D eigenvalue weighted by atomic mass is 9.78. The van der Waals surface area contributed by atoms with E-state index in [1.165, 1.54) is 27.8 Å². The van der Waals surface area contributed by atoms with E-state index in [9.17, 15) is 4.79 Å². The third-order valence-corrected chi connectivity index (χ3v) is 5.19. The predicted molar refractivity (Wildman–Crippen MR) is 85.8 cm³/mol. The van der Waals surface area contributed by atoms with Crippen LogP contribution in [-0.2, 0) is 12.8 Å². The Bertz CT molecular complexity index is 739. The normalized spacial score (nSPS) is 19.4. The van der Waals surface area contributed by atoms with Gasteiger partial charge in [0.05, 0.1) is 0 Å². The fourth-order valence-corrected chi connectivity index (χ4v) is 4.09. The van der Waals surface area contributed by atoms with Crippen LogP contribution in [0.5, 0.6) is 0 Å². The van der Waals surface area contributed by atoms with Gasteiger partial charge in [0.25, 0.3) is 0 Å². The Morgan fingerprint density at radius 3 is 2.52 bits per heavy atom. The molecule has 0 saturated heterocycles. The molecule has 2 aromatic carbocycles. The maximum atomic E-state index is 12.3. The number of carbonyl (C=O) groups is 1. The van der Waals surface area contributed by atoms with Gasteiger partial charge >= 0.3 is 0 Å². The van der Waals surface area contributed by atoms with E-state index in [2.05, 4.69) is 50.2 Å². The Morgan fingerprint density at radius 1 is 0.952 bits per heavy atom. The monoisotopic (exact) mass is 276 g/mol. The first-order valence-corrected chi connectivity index (χ1v) is 7.94. The van der Waals surface area contributed by atoms with E-state index in [0.717, 1.165) is 18.4 Å². The molecule has 21 heavy (non-hydrogen) atoms. The minimum atomic E-state index is 0.338. The Labute approximate surface area is 126 Å². The molecule has 0 spiro atoms. The van der Waals surface area contributed by atoms with Gasteiger partial charge in [-0.25, -0.2) is 0 Å². The molecule has 1 nitrogen and oxygen atoms in total. The first-order chi connectivity index (χ1) is 10.2. The van der Waals surface area contributed by atoms with Crippen molar-refractivity contribution in [3.8, 4) is 11.1 Å². The second-order valence-corrected chi connectivity index (χ2v) is 6.69. The Balaban J connectivity index is 1.97. The molecule has 0 N–H and O–H groups in total. The van der Waals surface area contributed by atoms with E-state index in [-0.39, 0.29) is 0 Å². The largest absolute Gasteiger partial charge is 0.294 e. The summed E-state index contributed by atoms with van der Waals surface area (Å²) in [6.45, 7) is 4.48. The zero-order chi connectivity index (χ0) is 14.6. The van der Waals surface area contributed by atoms with E-state index in [4.69, 9.17) is 0 Å². The summed E-state index contributed by atoms with van der Waals surface area (Å²) in [6.07, 6.45) is 2.87. The molecule has 1 unspecified atom stereocenters. The van der Waals surface area contributed by atoms with Crippen molar-refractivity contribution < 1.29 is 4.79 Å². The number of Topliss-reactive ketones (excluding diaryl/α,β-unsaturated/α-hetero) is 1. The van der Waals surface area contributed by atoms with Gasteiger partial charge in [-0.1, -0.05) is 50.2 Å². The lowest BCUT2D eigenvalue weighted by molar-refractivity contribution is 0.0984. The molecular formula is C20H20O. The van der Waals surface area contributed by atoms with Crippen LogP contribution < -0.4 is 0 Å². The van der Waals surface area contributed by atoms with Crippen LogP contribution >= 0.6 is 0 Å². The molecule has 1 atom stereocenters. The minimum absolute atomic E-state index is 0.338. The zero-order valence-corrected chi connectivity index (χ0v) is 12.6. The SMILES string of the molecule is CC(C)C1CC(=O)c2ccc3c(c21)CCc1ccccc1-3. The average molecular weight is 276 g/mol. The zero-order valence-electron chi connectivity index (χ0n) is 12.6. The van der Waals surface area contributed by atoms with Gasteiger partial charge in [0, 0.05) is 12.0 Å². The molecule has 2 aromatic rings. The molecule has 2 aliphatic rings. The van der Waals surface area contributed by atoms with E-state index in [0.29, 0.717) is 24.0 Å². The van der Waals surface area contributed by atoms with Crippen LogP contribution in [0.4, 0.5) is 0 Å². The Kier molecular flexibility index (Phi) is 2.78. The Morgan fingerprint density at radius 2 is 1.71 bits per heavy atom. The summed E-state index contributed by atoms with van der Waals surface area (Å²) in [5.41, 5.74) is 7.96. The number of ketones is 1. The molecule has 0 fully saturated rings. The first-order valence-electron chi connectivity index (χ1n) is 7.94. The van der Waals surface area contributed by atoms with Crippen molar-refractivity contribution in [2.45, 2.75) is 39.0 Å². The summed E-state index contributed by atoms with van der Waals surface area (Å²) in [4.78, 5) is 12.3. The summed E-state index contributed by atoms with van der Waals surface area (Å²) in [5, 5.41) is 0. The number of fused-ring (bicyclic) bond motifs is 5. The van der Waals surface area contributed by atoms with Gasteiger partial charge in [0.15, 0.2) is 5.78 Å². The number of carbonyl (C=O) groups excluding carboxylic acids is 1. The Hall–Kier alpha value is -1.89. The number of aryl methyl sites for hydroxylation is 1. The molecule has 106 valence electrons. The van der Waals surface area contributed by atoms with Crippen molar-refractivity contribution in [3.05, 3.63) is 58.7 Å². The third kappa shape index (κ3) is 1.80.